The van der Waals surface area contributed by atoms with E-state index in [1.165, 1.54) is 70.5 Å². The monoisotopic (exact) mass is 1320 g/mol. The van der Waals surface area contributed by atoms with Crippen molar-refractivity contribution >= 4 is 94.8 Å². The maximum atomic E-state index is 13.8. The molecule has 1 aliphatic carbocycles. The number of carboxylic acids is 1. The van der Waals surface area contributed by atoms with Crippen molar-refractivity contribution in [3.63, 3.8) is 0 Å². The Morgan fingerprint density at radius 2 is 0.840 bits per heavy atom. The van der Waals surface area contributed by atoms with Crippen molar-refractivity contribution in [2.75, 3.05) is 176 Å². The van der Waals surface area contributed by atoms with Gasteiger partial charge in [0.05, 0.1) is 85.1 Å². The molecule has 1 fully saturated rings. The van der Waals surface area contributed by atoms with E-state index in [2.05, 4.69) is 10.6 Å². The van der Waals surface area contributed by atoms with Crippen LogP contribution in [0.4, 0.5) is 4.79 Å². The number of hydroxylamine groups is 2. The number of likely N-dealkylation sites (N-methyl/N-ethyl adjacent to an activating group) is 10. The Morgan fingerprint density at radius 1 is 0.489 bits per heavy atom. The first kappa shape index (κ1) is 76.3. The van der Waals surface area contributed by atoms with Crippen LogP contribution in [0.3, 0.4) is 0 Å². The molecule has 0 aromatic heterocycles. The first-order valence-electron chi connectivity index (χ1n) is 29.5. The second-order valence-electron chi connectivity index (χ2n) is 22.5. The Morgan fingerprint density at radius 3 is 1.22 bits per heavy atom. The second kappa shape index (κ2) is 36.8. The van der Waals surface area contributed by atoms with Crippen molar-refractivity contribution in [3.8, 4) is 11.1 Å². The van der Waals surface area contributed by atoms with Gasteiger partial charge in [0.15, 0.2) is 0 Å². The van der Waals surface area contributed by atoms with Gasteiger partial charge in [-0.1, -0.05) is 48.5 Å². The van der Waals surface area contributed by atoms with Gasteiger partial charge in [0.2, 0.25) is 65.0 Å². The molecular formula is C60H83N13O21. The summed E-state index contributed by atoms with van der Waals surface area (Å²) in [5.41, 5.74) is 4.32. The summed E-state index contributed by atoms with van der Waals surface area (Å²) in [6, 6.07) is 14.4. The Balaban J connectivity index is 1.17. The molecule has 0 spiro atoms. The predicted molar refractivity (Wildman–Crippen MR) is 327 cm³/mol. The summed E-state index contributed by atoms with van der Waals surface area (Å²) in [6.45, 7) is -5.74. The van der Waals surface area contributed by atoms with Gasteiger partial charge in [0, 0.05) is 95.8 Å². The van der Waals surface area contributed by atoms with Crippen molar-refractivity contribution in [1.29, 1.82) is 0 Å². The van der Waals surface area contributed by atoms with Gasteiger partial charge in [0.1, 0.15) is 25.8 Å². The molecule has 34 heteroatoms. The smallest absolute Gasteiger partial charge is 0.407 e. The summed E-state index contributed by atoms with van der Waals surface area (Å²) in [4.78, 5) is 218. The van der Waals surface area contributed by atoms with Crippen molar-refractivity contribution < 1.29 is 101 Å². The van der Waals surface area contributed by atoms with E-state index >= 15 is 0 Å². The van der Waals surface area contributed by atoms with Crippen LogP contribution >= 0.6 is 0 Å². The normalized spacial score (nSPS) is 12.4. The lowest BCUT2D eigenvalue weighted by molar-refractivity contribution is -0.197. The molecule has 1 unspecified atom stereocenters. The Bertz CT molecular complexity index is 3100. The van der Waals surface area contributed by atoms with Gasteiger partial charge in [-0.2, -0.15) is 0 Å². The number of carboxylic acid groups (broad SMARTS) is 1. The molecule has 1 atom stereocenters. The number of benzene rings is 2. The van der Waals surface area contributed by atoms with Crippen LogP contribution in [0, 0.1) is 0 Å². The molecule has 0 bridgehead atoms. The lowest BCUT2D eigenvalue weighted by Crippen LogP contribution is -2.51. The van der Waals surface area contributed by atoms with Gasteiger partial charge < -0.3 is 83.8 Å². The highest BCUT2D eigenvalue weighted by Crippen LogP contribution is 2.44. The van der Waals surface area contributed by atoms with Crippen LogP contribution in [0.25, 0.3) is 11.1 Å². The fourth-order valence-electron chi connectivity index (χ4n) is 9.07. The maximum absolute atomic E-state index is 13.8. The molecule has 2 aromatic rings. The standard InChI is InChI=1S/C60H83N13O21/c1-63(28-49(78)65(3)30-51(80)67(5)32-53(82)69(7)34-55(84)71(9)36-57(86)87)48(77)27-64(2)50(79)29-66(4)52(81)31-68(6)54(83)33-70(8)56(85)35-72(10)59(89)44(19-22-58(88)94-73-46(75)20-21-47(73)76)62-45(74)38-92-26-25-91-24-23-61-60(90)93-37-43-41-17-13-11-15-39(41)40-16-12-14-18-42(40)43/h11-18,43-44H,19-38H2,1-10H3,(H,61,90)(H,62,74)(H,86,87). The van der Waals surface area contributed by atoms with E-state index in [9.17, 15) is 76.7 Å². The number of hydrogen-bond acceptors (Lipinski definition) is 20. The number of imide groups is 1. The van der Waals surface area contributed by atoms with E-state index < -0.39 is 186 Å². The van der Waals surface area contributed by atoms with E-state index in [-0.39, 0.29) is 51.7 Å². The number of amides is 14. The van der Waals surface area contributed by atoms with Crippen molar-refractivity contribution in [1.82, 2.24) is 64.7 Å². The molecule has 4 rings (SSSR count). The van der Waals surface area contributed by atoms with E-state index in [1.54, 1.807) is 0 Å². The topological polar surface area (TPSA) is 390 Å². The number of aliphatic carboxylic acids is 1. The molecule has 2 aromatic carbocycles. The number of ether oxygens (including phenoxy) is 3. The zero-order valence-electron chi connectivity index (χ0n) is 54.4. The molecule has 0 saturated carbocycles. The summed E-state index contributed by atoms with van der Waals surface area (Å²) in [5, 5.41) is 14.3. The van der Waals surface area contributed by atoms with Gasteiger partial charge in [-0.15, -0.1) is 5.06 Å². The van der Waals surface area contributed by atoms with Crippen LogP contribution < -0.4 is 10.6 Å². The summed E-state index contributed by atoms with van der Waals surface area (Å²) in [5.74, 6) is -11.8. The molecule has 3 N–H and O–H groups in total. The molecule has 1 heterocycles. The number of fused-ring (bicyclic) bond motifs is 3. The van der Waals surface area contributed by atoms with Gasteiger partial charge in [0.25, 0.3) is 11.8 Å². The first-order chi connectivity index (χ1) is 44.3. The molecular weight excluding hydrogens is 1240 g/mol. The van der Waals surface area contributed by atoms with Gasteiger partial charge >= 0.3 is 18.0 Å². The number of carbonyl (C=O) groups excluding carboxylic acids is 15. The van der Waals surface area contributed by atoms with Gasteiger partial charge in [-0.05, 0) is 28.7 Å². The van der Waals surface area contributed by atoms with Crippen LogP contribution in [0.15, 0.2) is 48.5 Å². The number of hydrogen-bond donors (Lipinski definition) is 3. The molecule has 94 heavy (non-hydrogen) atoms. The van der Waals surface area contributed by atoms with Crippen LogP contribution in [0.1, 0.15) is 42.7 Å². The van der Waals surface area contributed by atoms with Gasteiger partial charge in [-0.3, -0.25) is 67.1 Å². The average molecular weight is 1320 g/mol. The lowest BCUT2D eigenvalue weighted by atomic mass is 9.98. The largest absolute Gasteiger partial charge is 0.480 e. The molecule has 514 valence electrons. The minimum atomic E-state index is -1.48. The summed E-state index contributed by atoms with van der Waals surface area (Å²) in [7, 11) is 12.7. The zero-order valence-corrected chi connectivity index (χ0v) is 54.4. The quantitative estimate of drug-likeness (QED) is 0.0434. The second-order valence-corrected chi connectivity index (χ2v) is 22.5. The SMILES string of the molecule is CN(CC(=O)O)C(=O)CN(C)C(=O)CN(C)C(=O)CN(C)C(=O)CN(C)C(=O)CN(C)C(=O)CN(C)C(=O)CN(C)C(=O)CN(C)C(=O)CN(C)C(=O)C(CCC(=O)ON1C(=O)CCC1=O)NC(=O)COCCOCCNC(=O)OCC1c2ccccc2-c2ccccc21. The number of carbonyl (C=O) groups is 16. The summed E-state index contributed by atoms with van der Waals surface area (Å²) in [6.07, 6.45) is -1.98. The highest BCUT2D eigenvalue weighted by molar-refractivity contribution is 6.02. The van der Waals surface area contributed by atoms with Crippen molar-refractivity contribution in [3.05, 3.63) is 59.7 Å². The summed E-state index contributed by atoms with van der Waals surface area (Å²) >= 11 is 0. The van der Waals surface area contributed by atoms with Crippen LogP contribution in [-0.4, -0.2) is 336 Å². The van der Waals surface area contributed by atoms with Crippen molar-refractivity contribution in [2.45, 2.75) is 37.6 Å². The highest BCUT2D eigenvalue weighted by Gasteiger charge is 2.35. The average Bonchev–Trinajstić information content (AvgIpc) is 1.62. The molecule has 0 radical (unpaired) electrons. The molecule has 2 aliphatic rings. The highest BCUT2D eigenvalue weighted by atomic mass is 16.7. The number of alkyl carbamates (subject to hydrolysis) is 1. The van der Waals surface area contributed by atoms with Gasteiger partial charge in [-0.25, -0.2) is 9.59 Å². The zero-order chi connectivity index (χ0) is 70.1. The molecule has 1 aliphatic heterocycles. The fraction of sp³-hybridized carbons (Fsp3) is 0.533. The fourth-order valence-corrected chi connectivity index (χ4v) is 9.07. The number of nitrogens with zero attached hydrogens (tertiary/aromatic N) is 11. The van der Waals surface area contributed by atoms with E-state index in [4.69, 9.17) is 24.2 Å². The Labute approximate surface area is 542 Å². The maximum Gasteiger partial charge on any atom is 0.407 e. The minimum absolute atomic E-state index is 0.000304. The van der Waals surface area contributed by atoms with E-state index in [0.717, 1.165) is 71.3 Å². The molecule has 1 saturated heterocycles. The molecule has 14 amide bonds. The number of rotatable bonds is 36. The van der Waals surface area contributed by atoms with E-state index in [1.807, 2.05) is 48.5 Å². The molecule has 34 nitrogen and oxygen atoms in total. The third kappa shape index (κ3) is 23.8. The third-order valence-corrected chi connectivity index (χ3v) is 14.9. The predicted octanol–water partition coefficient (Wildman–Crippen LogP) is -3.90. The Kier molecular flexibility index (Phi) is 29.9. The first-order valence-corrected chi connectivity index (χ1v) is 29.5. The van der Waals surface area contributed by atoms with Crippen LogP contribution in [-0.2, 0) is 91.0 Å². The third-order valence-electron chi connectivity index (χ3n) is 14.9. The lowest BCUT2D eigenvalue weighted by Gasteiger charge is -2.28. The van der Waals surface area contributed by atoms with Crippen LogP contribution in [0.2, 0.25) is 0 Å². The van der Waals surface area contributed by atoms with Crippen molar-refractivity contribution in [2.24, 2.45) is 0 Å². The summed E-state index contributed by atoms with van der Waals surface area (Å²) < 4.78 is 16.4. The Hall–Kier alpha value is -10.1. The van der Waals surface area contributed by atoms with E-state index in [0.29, 0.717) is 5.06 Å². The van der Waals surface area contributed by atoms with Crippen LogP contribution in [0.5, 0.6) is 0 Å². The number of nitrogens with one attached hydrogen (secondary N) is 2. The minimum Gasteiger partial charge on any atom is -0.480 e.